The first-order valence-corrected chi connectivity index (χ1v) is 13.0. The quantitative estimate of drug-likeness (QED) is 0.386. The maximum absolute atomic E-state index is 12.8. The lowest BCUT2D eigenvalue weighted by Gasteiger charge is -2.34. The fourth-order valence-corrected chi connectivity index (χ4v) is 4.77. The van der Waals surface area contributed by atoms with Crippen LogP contribution in [-0.2, 0) is 9.53 Å². The number of anilines is 4. The molecule has 12 nitrogen and oxygen atoms in total. The van der Waals surface area contributed by atoms with Gasteiger partial charge < -0.3 is 35.6 Å². The second-order valence-corrected chi connectivity index (χ2v) is 9.55. The number of nitrogens with zero attached hydrogens (tertiary/aromatic N) is 4. The van der Waals surface area contributed by atoms with E-state index in [4.69, 9.17) is 15.2 Å². The summed E-state index contributed by atoms with van der Waals surface area (Å²) in [4.78, 5) is 49.7. The maximum atomic E-state index is 12.8. The van der Waals surface area contributed by atoms with Gasteiger partial charge in [-0.2, -0.15) is 0 Å². The molecule has 1 unspecified atom stereocenters. The van der Waals surface area contributed by atoms with Crippen molar-refractivity contribution < 1.29 is 23.9 Å². The zero-order valence-corrected chi connectivity index (χ0v) is 22.1. The molecule has 4 N–H and O–H groups in total. The highest BCUT2D eigenvalue weighted by Gasteiger charge is 2.25. The summed E-state index contributed by atoms with van der Waals surface area (Å²) >= 11 is 0. The van der Waals surface area contributed by atoms with E-state index in [9.17, 15) is 14.4 Å². The fraction of sp³-hybridized carbons (Fsp3) is 0.321. The molecule has 2 fully saturated rings. The summed E-state index contributed by atoms with van der Waals surface area (Å²) in [7, 11) is 1.58. The molecule has 1 atom stereocenters. The Balaban J connectivity index is 1.28. The van der Waals surface area contributed by atoms with Gasteiger partial charge in [-0.25, -0.2) is 9.97 Å². The molecular weight excluding hydrogens is 514 g/mol. The molecule has 208 valence electrons. The van der Waals surface area contributed by atoms with E-state index >= 15 is 0 Å². The van der Waals surface area contributed by atoms with Crippen molar-refractivity contribution >= 4 is 40.7 Å². The van der Waals surface area contributed by atoms with Crippen molar-refractivity contribution in [1.82, 2.24) is 15.3 Å². The lowest BCUT2D eigenvalue weighted by molar-refractivity contribution is -0.125. The molecule has 3 amide bonds. The van der Waals surface area contributed by atoms with Gasteiger partial charge in [-0.15, -0.1) is 0 Å². The van der Waals surface area contributed by atoms with Crippen LogP contribution < -0.4 is 30.9 Å². The van der Waals surface area contributed by atoms with Crippen molar-refractivity contribution in [3.05, 3.63) is 66.0 Å². The second-order valence-electron chi connectivity index (χ2n) is 9.55. The SMILES string of the molecule is COc1ccc(C(=O)NC2CCCN(c3cnc(C(N)=O)c(Nc4ccc(N5CCOCC5=O)cc4)n3)C2)cc1. The summed E-state index contributed by atoms with van der Waals surface area (Å²) in [6.45, 7) is 2.29. The zero-order chi connectivity index (χ0) is 28.1. The fourth-order valence-electron chi connectivity index (χ4n) is 4.77. The van der Waals surface area contributed by atoms with Crippen LogP contribution in [0.15, 0.2) is 54.7 Å². The summed E-state index contributed by atoms with van der Waals surface area (Å²) in [6, 6.07) is 14.1. The van der Waals surface area contributed by atoms with E-state index in [-0.39, 0.29) is 36.0 Å². The Morgan fingerprint density at radius 2 is 1.88 bits per heavy atom. The van der Waals surface area contributed by atoms with Crippen molar-refractivity contribution in [3.63, 3.8) is 0 Å². The number of nitrogens with one attached hydrogen (secondary N) is 2. The van der Waals surface area contributed by atoms with Crippen molar-refractivity contribution in [1.29, 1.82) is 0 Å². The summed E-state index contributed by atoms with van der Waals surface area (Å²) < 4.78 is 10.4. The first-order valence-electron chi connectivity index (χ1n) is 13.0. The van der Waals surface area contributed by atoms with E-state index in [0.717, 1.165) is 25.1 Å². The lowest BCUT2D eigenvalue weighted by atomic mass is 10.0. The predicted octanol–water partition coefficient (Wildman–Crippen LogP) is 2.09. The molecule has 2 aromatic carbocycles. The third kappa shape index (κ3) is 6.12. The molecular formula is C28H31N7O5. The normalized spacial score (nSPS) is 17.3. The molecule has 40 heavy (non-hydrogen) atoms. The van der Waals surface area contributed by atoms with Gasteiger partial charge in [-0.3, -0.25) is 14.4 Å². The molecule has 5 rings (SSSR count). The number of carbonyl (C=O) groups is 3. The molecule has 0 radical (unpaired) electrons. The van der Waals surface area contributed by atoms with Crippen LogP contribution in [0.1, 0.15) is 33.7 Å². The molecule has 2 aliphatic heterocycles. The third-order valence-electron chi connectivity index (χ3n) is 6.85. The molecule has 0 spiro atoms. The van der Waals surface area contributed by atoms with Crippen LogP contribution in [0, 0.1) is 0 Å². The standard InChI is InChI=1S/C28H31N7O5/c1-39-22-10-4-18(5-11-22)28(38)32-20-3-2-12-34(16-20)23-15-30-25(26(29)37)27(33-23)31-19-6-8-21(9-7-19)35-13-14-40-17-24(35)36/h4-11,15,20H,2-3,12-14,16-17H2,1H3,(H2,29,37)(H,31,33)(H,32,38). The molecule has 3 heterocycles. The molecule has 0 saturated carbocycles. The number of piperidine rings is 1. The van der Waals surface area contributed by atoms with E-state index in [0.29, 0.717) is 42.5 Å². The van der Waals surface area contributed by atoms with Gasteiger partial charge in [0.05, 0.1) is 19.9 Å². The second kappa shape index (κ2) is 12.0. The van der Waals surface area contributed by atoms with Crippen LogP contribution in [0.5, 0.6) is 5.75 Å². The number of hydrogen-bond acceptors (Lipinski definition) is 9. The van der Waals surface area contributed by atoms with Crippen LogP contribution in [-0.4, -0.2) is 73.7 Å². The molecule has 0 aliphatic carbocycles. The number of hydrogen-bond donors (Lipinski definition) is 3. The first-order chi connectivity index (χ1) is 19.4. The predicted molar refractivity (Wildman–Crippen MR) is 149 cm³/mol. The number of amides is 3. The Morgan fingerprint density at radius 1 is 1.10 bits per heavy atom. The van der Waals surface area contributed by atoms with Crippen LogP contribution in [0.4, 0.5) is 23.0 Å². The number of rotatable bonds is 8. The Morgan fingerprint density at radius 3 is 2.58 bits per heavy atom. The maximum Gasteiger partial charge on any atom is 0.271 e. The molecule has 12 heteroatoms. The van der Waals surface area contributed by atoms with Gasteiger partial charge in [0, 0.05) is 42.6 Å². The number of nitrogens with two attached hydrogens (primary N) is 1. The summed E-state index contributed by atoms with van der Waals surface area (Å²) in [5, 5.41) is 6.24. The van der Waals surface area contributed by atoms with Crippen molar-refractivity contribution in [2.75, 3.05) is 55.1 Å². The van der Waals surface area contributed by atoms with Gasteiger partial charge in [0.15, 0.2) is 11.5 Å². The van der Waals surface area contributed by atoms with Crippen molar-refractivity contribution in [3.8, 4) is 5.75 Å². The Hall–Kier alpha value is -4.71. The highest BCUT2D eigenvalue weighted by atomic mass is 16.5. The van der Waals surface area contributed by atoms with Crippen LogP contribution in [0.25, 0.3) is 0 Å². The summed E-state index contributed by atoms with van der Waals surface area (Å²) in [6.07, 6.45) is 3.19. The minimum atomic E-state index is -0.708. The molecule has 2 aliphatic rings. The third-order valence-corrected chi connectivity index (χ3v) is 6.85. The van der Waals surface area contributed by atoms with E-state index in [1.165, 1.54) is 6.20 Å². The number of primary amides is 1. The smallest absolute Gasteiger partial charge is 0.271 e. The average Bonchev–Trinajstić information content (AvgIpc) is 2.98. The number of ether oxygens (including phenoxy) is 2. The largest absolute Gasteiger partial charge is 0.497 e. The van der Waals surface area contributed by atoms with Crippen LogP contribution in [0.3, 0.4) is 0 Å². The molecule has 3 aromatic rings. The zero-order valence-electron chi connectivity index (χ0n) is 22.1. The van der Waals surface area contributed by atoms with Gasteiger partial charge in [0.25, 0.3) is 17.7 Å². The minimum absolute atomic E-state index is 0.0116. The minimum Gasteiger partial charge on any atom is -0.497 e. The Bertz CT molecular complexity index is 1380. The van der Waals surface area contributed by atoms with E-state index in [1.807, 2.05) is 17.0 Å². The number of benzene rings is 2. The summed E-state index contributed by atoms with van der Waals surface area (Å²) in [5.74, 6) is 0.512. The highest BCUT2D eigenvalue weighted by Crippen LogP contribution is 2.26. The number of methoxy groups -OCH3 is 1. The highest BCUT2D eigenvalue weighted by molar-refractivity contribution is 5.97. The van der Waals surface area contributed by atoms with Crippen molar-refractivity contribution in [2.45, 2.75) is 18.9 Å². The van der Waals surface area contributed by atoms with E-state index < -0.39 is 5.91 Å². The molecule has 0 bridgehead atoms. The van der Waals surface area contributed by atoms with Crippen LogP contribution in [0.2, 0.25) is 0 Å². The number of aromatic nitrogens is 2. The Kier molecular flexibility index (Phi) is 8.06. The molecule has 2 saturated heterocycles. The van der Waals surface area contributed by atoms with Gasteiger partial charge in [0.1, 0.15) is 18.2 Å². The van der Waals surface area contributed by atoms with Crippen molar-refractivity contribution in [2.24, 2.45) is 5.73 Å². The topological polar surface area (TPSA) is 152 Å². The first kappa shape index (κ1) is 26.9. The van der Waals surface area contributed by atoms with Gasteiger partial charge >= 0.3 is 0 Å². The molecule has 1 aromatic heterocycles. The average molecular weight is 546 g/mol. The Labute approximate surface area is 231 Å². The monoisotopic (exact) mass is 545 g/mol. The number of morpholine rings is 1. The lowest BCUT2D eigenvalue weighted by Crippen LogP contribution is -2.48. The number of carbonyl (C=O) groups excluding carboxylic acids is 3. The van der Waals surface area contributed by atoms with Crippen LogP contribution >= 0.6 is 0 Å². The van der Waals surface area contributed by atoms with E-state index in [2.05, 4.69) is 20.6 Å². The summed E-state index contributed by atoms with van der Waals surface area (Å²) in [5.41, 5.74) is 7.55. The van der Waals surface area contributed by atoms with Gasteiger partial charge in [0.2, 0.25) is 0 Å². The van der Waals surface area contributed by atoms with Gasteiger partial charge in [-0.1, -0.05) is 0 Å². The van der Waals surface area contributed by atoms with E-state index in [1.54, 1.807) is 48.4 Å². The van der Waals surface area contributed by atoms with Gasteiger partial charge in [-0.05, 0) is 61.4 Å².